The van der Waals surface area contributed by atoms with Crippen LogP contribution in [0.15, 0.2) is 61.3 Å². The van der Waals surface area contributed by atoms with Crippen molar-refractivity contribution in [3.63, 3.8) is 0 Å². The second kappa shape index (κ2) is 13.0. The number of carbonyl (C=O) groups is 1. The second-order valence-electron chi connectivity index (χ2n) is 11.2. The molecular formula is C30H35N6O9P. The lowest BCUT2D eigenvalue weighted by atomic mass is 9.86. The fourth-order valence-electron chi connectivity index (χ4n) is 5.52. The van der Waals surface area contributed by atoms with E-state index < -0.39 is 43.8 Å². The van der Waals surface area contributed by atoms with E-state index in [-0.39, 0.29) is 18.5 Å². The number of esters is 1. The number of aliphatic hydroxyl groups is 1. The Labute approximate surface area is 264 Å². The zero-order valence-electron chi connectivity index (χ0n) is 25.7. The molecule has 4 aromatic rings. The van der Waals surface area contributed by atoms with Crippen LogP contribution in [0.25, 0.3) is 22.4 Å². The maximum atomic E-state index is 14.1. The van der Waals surface area contributed by atoms with Gasteiger partial charge in [-0.15, -0.1) is 0 Å². The molecule has 6 atom stereocenters. The fourth-order valence-corrected chi connectivity index (χ4v) is 7.02. The van der Waals surface area contributed by atoms with E-state index in [9.17, 15) is 14.5 Å². The van der Waals surface area contributed by atoms with Gasteiger partial charge in [-0.05, 0) is 39.0 Å². The van der Waals surface area contributed by atoms with Crippen LogP contribution in [0.5, 0.6) is 11.6 Å². The number of ether oxygens (including phenoxy) is 4. The summed E-state index contributed by atoms with van der Waals surface area (Å²) in [5.41, 5.74) is -0.133. The van der Waals surface area contributed by atoms with Gasteiger partial charge in [-0.1, -0.05) is 18.2 Å². The van der Waals surface area contributed by atoms with E-state index in [1.54, 1.807) is 73.4 Å². The van der Waals surface area contributed by atoms with Gasteiger partial charge >= 0.3 is 13.7 Å². The summed E-state index contributed by atoms with van der Waals surface area (Å²) in [6.45, 7) is 4.92. The molecule has 2 saturated heterocycles. The number of hydrogen-bond acceptors (Lipinski definition) is 13. The maximum absolute atomic E-state index is 14.1. The first-order valence-corrected chi connectivity index (χ1v) is 16.3. The highest BCUT2D eigenvalue weighted by atomic mass is 31.2. The predicted molar refractivity (Wildman–Crippen MR) is 163 cm³/mol. The molecule has 1 unspecified atom stereocenters. The van der Waals surface area contributed by atoms with Crippen LogP contribution < -0.4 is 14.3 Å². The Morgan fingerprint density at radius 3 is 2.54 bits per heavy atom. The summed E-state index contributed by atoms with van der Waals surface area (Å²) in [4.78, 5) is 30.1. The molecule has 0 amide bonds. The van der Waals surface area contributed by atoms with Gasteiger partial charge in [0.2, 0.25) is 5.88 Å². The predicted octanol–water partition coefficient (Wildman–Crippen LogP) is 3.45. The molecule has 2 N–H and O–H groups in total. The number of para-hydroxylation sites is 1. The van der Waals surface area contributed by atoms with Crippen LogP contribution >= 0.6 is 7.75 Å². The van der Waals surface area contributed by atoms with Gasteiger partial charge in [0.15, 0.2) is 12.1 Å². The Kier molecular flexibility index (Phi) is 9.06. The lowest BCUT2D eigenvalue weighted by Crippen LogP contribution is -2.56. The van der Waals surface area contributed by atoms with E-state index >= 15 is 0 Å². The highest BCUT2D eigenvalue weighted by Crippen LogP contribution is 2.52. The minimum atomic E-state index is -4.23. The summed E-state index contributed by atoms with van der Waals surface area (Å²) >= 11 is 0. The van der Waals surface area contributed by atoms with Gasteiger partial charge in [-0.3, -0.25) is 9.32 Å². The molecule has 15 nitrogen and oxygen atoms in total. The average molecular weight is 655 g/mol. The van der Waals surface area contributed by atoms with E-state index in [1.807, 2.05) is 0 Å². The zero-order chi connectivity index (χ0) is 32.5. The highest BCUT2D eigenvalue weighted by molar-refractivity contribution is 7.52. The number of methoxy groups -OCH3 is 1. The van der Waals surface area contributed by atoms with Gasteiger partial charge in [0.25, 0.3) is 0 Å². The molecule has 3 aromatic heterocycles. The van der Waals surface area contributed by atoms with Gasteiger partial charge in [0.05, 0.1) is 37.4 Å². The summed E-state index contributed by atoms with van der Waals surface area (Å²) in [5, 5.41) is 14.8. The van der Waals surface area contributed by atoms with Crippen molar-refractivity contribution in [2.75, 3.05) is 20.3 Å². The fraction of sp³-hybridized carbons (Fsp3) is 0.433. The van der Waals surface area contributed by atoms with Gasteiger partial charge in [0.1, 0.15) is 41.6 Å². The van der Waals surface area contributed by atoms with Crippen LogP contribution in [0.2, 0.25) is 0 Å². The molecular weight excluding hydrogens is 619 g/mol. The molecule has 244 valence electrons. The van der Waals surface area contributed by atoms with E-state index in [1.165, 1.54) is 20.4 Å². The van der Waals surface area contributed by atoms with Crippen molar-refractivity contribution in [2.45, 2.75) is 63.4 Å². The van der Waals surface area contributed by atoms with Crippen molar-refractivity contribution in [1.82, 2.24) is 29.6 Å². The Hall–Kier alpha value is -3.98. The van der Waals surface area contributed by atoms with E-state index in [4.69, 9.17) is 28.0 Å². The lowest BCUT2D eigenvalue weighted by Gasteiger charge is -2.44. The smallest absolute Gasteiger partial charge is 0.459 e. The van der Waals surface area contributed by atoms with Crippen molar-refractivity contribution in [3.8, 4) is 23.0 Å². The van der Waals surface area contributed by atoms with Crippen LogP contribution in [0.1, 0.15) is 33.4 Å². The first-order valence-electron chi connectivity index (χ1n) is 14.8. The third-order valence-corrected chi connectivity index (χ3v) is 9.34. The van der Waals surface area contributed by atoms with Crippen LogP contribution in [0.3, 0.4) is 0 Å². The van der Waals surface area contributed by atoms with E-state index in [0.717, 1.165) is 0 Å². The van der Waals surface area contributed by atoms with Crippen molar-refractivity contribution < 1.29 is 42.5 Å². The van der Waals surface area contributed by atoms with Crippen LogP contribution in [-0.4, -0.2) is 85.9 Å². The third-order valence-electron chi connectivity index (χ3n) is 7.70. The number of aromatic nitrogens is 5. The molecule has 1 spiro atoms. The van der Waals surface area contributed by atoms with E-state index in [0.29, 0.717) is 41.3 Å². The van der Waals surface area contributed by atoms with E-state index in [2.05, 4.69) is 25.0 Å². The summed E-state index contributed by atoms with van der Waals surface area (Å²) < 4.78 is 50.7. The SMILES string of the molecule is COc1ncnc2c1c(-c1ncccn1)cn2[C@@H]1O[C@H](COP(=O)(N[C@@H](C)C(=O)OC(C)C)Oc2ccccc2)[C@@H](O)[C@]12CCO2. The molecule has 2 fully saturated rings. The van der Waals surface area contributed by atoms with Gasteiger partial charge in [0, 0.05) is 25.0 Å². The quantitative estimate of drug-likeness (QED) is 0.168. The topological polar surface area (TPSA) is 178 Å². The van der Waals surface area contributed by atoms with Crippen LogP contribution in [0.4, 0.5) is 0 Å². The average Bonchev–Trinajstić information content (AvgIpc) is 3.56. The zero-order valence-corrected chi connectivity index (χ0v) is 26.6. The number of nitrogens with zero attached hydrogens (tertiary/aromatic N) is 5. The molecule has 0 aliphatic carbocycles. The minimum Gasteiger partial charge on any atom is -0.480 e. The Morgan fingerprint density at radius 2 is 1.89 bits per heavy atom. The van der Waals surface area contributed by atoms with Crippen molar-refractivity contribution >= 4 is 24.7 Å². The number of hydrogen-bond donors (Lipinski definition) is 2. The van der Waals surface area contributed by atoms with Gasteiger partial charge in [-0.2, -0.15) is 5.09 Å². The first kappa shape index (κ1) is 32.0. The number of benzene rings is 1. The van der Waals surface area contributed by atoms with Crippen LogP contribution in [0, 0.1) is 0 Å². The maximum Gasteiger partial charge on any atom is 0.459 e. The number of fused-ring (bicyclic) bond motifs is 1. The number of rotatable bonds is 12. The molecule has 46 heavy (non-hydrogen) atoms. The summed E-state index contributed by atoms with van der Waals surface area (Å²) in [6.07, 6.45) is 3.34. The molecule has 0 radical (unpaired) electrons. The molecule has 0 bridgehead atoms. The highest BCUT2D eigenvalue weighted by Gasteiger charge is 2.62. The Bertz CT molecular complexity index is 1720. The van der Waals surface area contributed by atoms with Crippen molar-refractivity contribution in [1.29, 1.82) is 0 Å². The molecule has 0 saturated carbocycles. The normalized spacial score (nSPS) is 24.4. The lowest BCUT2D eigenvalue weighted by molar-refractivity contribution is -0.225. The molecule has 2 aliphatic rings. The minimum absolute atomic E-state index is 0.246. The van der Waals surface area contributed by atoms with Crippen LogP contribution in [-0.2, 0) is 28.1 Å². The van der Waals surface area contributed by atoms with Gasteiger partial charge in [-0.25, -0.2) is 24.5 Å². The molecule has 2 aliphatic heterocycles. The second-order valence-corrected chi connectivity index (χ2v) is 12.9. The Morgan fingerprint density at radius 1 is 1.15 bits per heavy atom. The molecule has 5 heterocycles. The molecule has 6 rings (SSSR count). The largest absolute Gasteiger partial charge is 0.480 e. The van der Waals surface area contributed by atoms with Crippen molar-refractivity contribution in [2.24, 2.45) is 0 Å². The third kappa shape index (κ3) is 6.09. The van der Waals surface area contributed by atoms with Crippen molar-refractivity contribution in [3.05, 3.63) is 61.3 Å². The number of nitrogens with one attached hydrogen (secondary N) is 1. The first-order chi connectivity index (χ1) is 22.1. The summed E-state index contributed by atoms with van der Waals surface area (Å²) in [6, 6.07) is 9.05. The molecule has 16 heteroatoms. The summed E-state index contributed by atoms with van der Waals surface area (Å²) in [7, 11) is -2.72. The van der Waals surface area contributed by atoms with Gasteiger partial charge < -0.3 is 33.1 Å². The summed E-state index contributed by atoms with van der Waals surface area (Å²) in [5.74, 6) is 0.333. The molecule has 1 aromatic carbocycles. The standard InChI is InChI=1S/C30H35N6O9P/c1-18(2)43-28(38)19(3)35-46(39,45-20-9-6-5-7-10-20)42-16-22-24(37)30(11-14-41-30)29(44-22)36-15-21(25-31-12-8-13-32-25)23-26(36)33-17-34-27(23)40-4/h5-10,12-13,15,17-19,22,24,29,37H,11,14,16H2,1-4H3,(H,35,39)/t19-,22+,24+,29+,30+,46?/m0/s1. The number of aliphatic hydroxyl groups excluding tert-OH is 1. The number of carbonyl (C=O) groups excluding carboxylic acids is 1. The Balaban J connectivity index is 1.30. The monoisotopic (exact) mass is 654 g/mol.